The first-order chi connectivity index (χ1) is 13.7. The number of anilines is 1. The van der Waals surface area contributed by atoms with Gasteiger partial charge in [-0.05, 0) is 43.2 Å². The maximum atomic E-state index is 13.6. The quantitative estimate of drug-likeness (QED) is 0.794. The van der Waals surface area contributed by atoms with Crippen LogP contribution in [-0.4, -0.2) is 38.8 Å². The van der Waals surface area contributed by atoms with Crippen molar-refractivity contribution < 1.29 is 31.1 Å². The molecule has 1 atom stereocenters. The molecule has 1 aliphatic heterocycles. The van der Waals surface area contributed by atoms with E-state index in [9.17, 15) is 26.4 Å². The lowest BCUT2D eigenvalue weighted by Gasteiger charge is -2.31. The molecule has 0 radical (unpaired) electrons. The lowest BCUT2D eigenvalue weighted by atomic mass is 9.98. The van der Waals surface area contributed by atoms with Gasteiger partial charge in [0.05, 0.1) is 13.0 Å². The molecule has 1 N–H and O–H groups in total. The molecule has 0 unspecified atom stereocenters. The van der Waals surface area contributed by atoms with E-state index in [1.165, 1.54) is 19.2 Å². The van der Waals surface area contributed by atoms with Crippen LogP contribution in [0.25, 0.3) is 0 Å². The number of benzene rings is 2. The standard InChI is InChI=1S/C19H19F3N2O4S/c1-28-17-7-4-13(20)9-18(17)29(26,27)24-8-2-3-12(11-24)19(25)23-14-5-6-15(21)16(22)10-14/h4-7,9-10,12H,2-3,8,11H2,1H3,(H,23,25)/t12-/m1/s1. The maximum Gasteiger partial charge on any atom is 0.246 e. The molecule has 10 heteroatoms. The summed E-state index contributed by atoms with van der Waals surface area (Å²) >= 11 is 0. The van der Waals surface area contributed by atoms with Crippen molar-refractivity contribution in [3.05, 3.63) is 53.8 Å². The van der Waals surface area contributed by atoms with Crippen LogP contribution >= 0.6 is 0 Å². The summed E-state index contributed by atoms with van der Waals surface area (Å²) in [4.78, 5) is 12.2. The number of ether oxygens (including phenoxy) is 1. The fraction of sp³-hybridized carbons (Fsp3) is 0.316. The van der Waals surface area contributed by atoms with Crippen molar-refractivity contribution in [1.82, 2.24) is 4.31 Å². The van der Waals surface area contributed by atoms with Gasteiger partial charge in [-0.3, -0.25) is 4.79 Å². The highest BCUT2D eigenvalue weighted by Crippen LogP contribution is 2.30. The molecule has 0 aliphatic carbocycles. The Morgan fingerprint density at radius 1 is 1.14 bits per heavy atom. The van der Waals surface area contributed by atoms with E-state index in [-0.39, 0.29) is 29.4 Å². The van der Waals surface area contributed by atoms with E-state index >= 15 is 0 Å². The van der Waals surface area contributed by atoms with E-state index < -0.39 is 39.3 Å². The summed E-state index contributed by atoms with van der Waals surface area (Å²) < 4.78 is 72.1. The van der Waals surface area contributed by atoms with Crippen LogP contribution in [0.2, 0.25) is 0 Å². The zero-order valence-corrected chi connectivity index (χ0v) is 16.3. The van der Waals surface area contributed by atoms with E-state index in [1.54, 1.807) is 0 Å². The minimum atomic E-state index is -4.10. The van der Waals surface area contributed by atoms with E-state index in [2.05, 4.69) is 5.32 Å². The number of methoxy groups -OCH3 is 1. The number of piperidine rings is 1. The highest BCUT2D eigenvalue weighted by Gasteiger charge is 2.35. The van der Waals surface area contributed by atoms with Gasteiger partial charge in [-0.15, -0.1) is 0 Å². The van der Waals surface area contributed by atoms with Crippen LogP contribution in [0.1, 0.15) is 12.8 Å². The lowest BCUT2D eigenvalue weighted by Crippen LogP contribution is -2.43. The molecule has 1 aliphatic rings. The van der Waals surface area contributed by atoms with Gasteiger partial charge in [0, 0.05) is 24.8 Å². The third kappa shape index (κ3) is 4.54. The van der Waals surface area contributed by atoms with Gasteiger partial charge in [-0.1, -0.05) is 0 Å². The van der Waals surface area contributed by atoms with E-state index in [0.717, 1.165) is 28.6 Å². The Balaban J connectivity index is 1.78. The van der Waals surface area contributed by atoms with Gasteiger partial charge in [-0.25, -0.2) is 21.6 Å². The second-order valence-electron chi connectivity index (χ2n) is 6.62. The number of hydrogen-bond donors (Lipinski definition) is 1. The number of rotatable bonds is 5. The molecule has 1 fully saturated rings. The van der Waals surface area contributed by atoms with Crippen LogP contribution in [0, 0.1) is 23.4 Å². The molecule has 6 nitrogen and oxygen atoms in total. The van der Waals surface area contributed by atoms with Crippen molar-refractivity contribution in [2.45, 2.75) is 17.7 Å². The molecule has 0 saturated carbocycles. The van der Waals surface area contributed by atoms with Crippen LogP contribution < -0.4 is 10.1 Å². The van der Waals surface area contributed by atoms with Crippen molar-refractivity contribution in [2.75, 3.05) is 25.5 Å². The van der Waals surface area contributed by atoms with Crippen LogP contribution in [0.5, 0.6) is 5.75 Å². The molecule has 156 valence electrons. The van der Waals surface area contributed by atoms with Gasteiger partial charge in [0.2, 0.25) is 15.9 Å². The van der Waals surface area contributed by atoms with Gasteiger partial charge in [-0.2, -0.15) is 4.31 Å². The second kappa shape index (κ2) is 8.42. The Kier molecular flexibility index (Phi) is 6.13. The average Bonchev–Trinajstić information content (AvgIpc) is 2.70. The largest absolute Gasteiger partial charge is 0.495 e. The number of amides is 1. The predicted octanol–water partition coefficient (Wildman–Crippen LogP) is 3.15. The number of carbonyl (C=O) groups excluding carboxylic acids is 1. The van der Waals surface area contributed by atoms with Gasteiger partial charge in [0.1, 0.15) is 16.5 Å². The van der Waals surface area contributed by atoms with Crippen LogP contribution in [0.3, 0.4) is 0 Å². The molecule has 29 heavy (non-hydrogen) atoms. The smallest absolute Gasteiger partial charge is 0.246 e. The summed E-state index contributed by atoms with van der Waals surface area (Å²) in [7, 11) is -2.82. The van der Waals surface area contributed by atoms with Crippen molar-refractivity contribution >= 4 is 21.6 Å². The van der Waals surface area contributed by atoms with Crippen LogP contribution in [0.4, 0.5) is 18.9 Å². The molecule has 2 aromatic rings. The molecular formula is C19H19F3N2O4S. The highest BCUT2D eigenvalue weighted by atomic mass is 32.2. The molecule has 0 bridgehead atoms. The summed E-state index contributed by atoms with van der Waals surface area (Å²) in [6.07, 6.45) is 0.828. The fourth-order valence-corrected chi connectivity index (χ4v) is 4.88. The van der Waals surface area contributed by atoms with Gasteiger partial charge >= 0.3 is 0 Å². The van der Waals surface area contributed by atoms with E-state index in [0.29, 0.717) is 12.8 Å². The topological polar surface area (TPSA) is 75.7 Å². The van der Waals surface area contributed by atoms with Crippen LogP contribution in [0.15, 0.2) is 41.3 Å². The van der Waals surface area contributed by atoms with Gasteiger partial charge in [0.25, 0.3) is 0 Å². The summed E-state index contributed by atoms with van der Waals surface area (Å²) in [5.41, 5.74) is 0.0701. The molecule has 1 saturated heterocycles. The lowest BCUT2D eigenvalue weighted by molar-refractivity contribution is -0.120. The Morgan fingerprint density at radius 2 is 1.90 bits per heavy atom. The van der Waals surface area contributed by atoms with Crippen molar-refractivity contribution in [3.8, 4) is 5.75 Å². The fourth-order valence-electron chi connectivity index (χ4n) is 3.18. The summed E-state index contributed by atoms with van der Waals surface area (Å²) in [6, 6.07) is 6.14. The number of carbonyl (C=O) groups is 1. The van der Waals surface area contributed by atoms with Gasteiger partial charge < -0.3 is 10.1 Å². The summed E-state index contributed by atoms with van der Waals surface area (Å²) in [5.74, 6) is -4.09. The average molecular weight is 428 g/mol. The Morgan fingerprint density at radius 3 is 2.59 bits per heavy atom. The molecule has 1 heterocycles. The first kappa shape index (κ1) is 21.1. The zero-order valence-electron chi connectivity index (χ0n) is 15.5. The molecule has 1 amide bonds. The summed E-state index contributed by atoms with van der Waals surface area (Å²) in [5, 5.41) is 2.47. The minimum Gasteiger partial charge on any atom is -0.495 e. The van der Waals surface area contributed by atoms with Crippen molar-refractivity contribution in [1.29, 1.82) is 0 Å². The first-order valence-electron chi connectivity index (χ1n) is 8.82. The third-order valence-electron chi connectivity index (χ3n) is 4.69. The van der Waals surface area contributed by atoms with Gasteiger partial charge in [0.15, 0.2) is 11.6 Å². The Labute approximate surface area is 166 Å². The number of nitrogens with one attached hydrogen (secondary N) is 1. The number of nitrogens with zero attached hydrogens (tertiary/aromatic N) is 1. The zero-order chi connectivity index (χ0) is 21.2. The number of hydrogen-bond acceptors (Lipinski definition) is 4. The minimum absolute atomic E-state index is 0.000220. The Bertz CT molecular complexity index is 1030. The molecule has 2 aromatic carbocycles. The number of sulfonamides is 1. The Hall–Kier alpha value is -2.59. The first-order valence-corrected chi connectivity index (χ1v) is 10.3. The normalized spacial score (nSPS) is 17.7. The third-order valence-corrected chi connectivity index (χ3v) is 6.57. The molecule has 0 spiro atoms. The highest BCUT2D eigenvalue weighted by molar-refractivity contribution is 7.89. The maximum absolute atomic E-state index is 13.6. The molecular weight excluding hydrogens is 409 g/mol. The van der Waals surface area contributed by atoms with E-state index in [4.69, 9.17) is 4.74 Å². The molecule has 3 rings (SSSR count). The second-order valence-corrected chi connectivity index (χ2v) is 8.52. The van der Waals surface area contributed by atoms with Crippen LogP contribution in [-0.2, 0) is 14.8 Å². The van der Waals surface area contributed by atoms with Crippen molar-refractivity contribution in [2.24, 2.45) is 5.92 Å². The SMILES string of the molecule is COc1ccc(F)cc1S(=O)(=O)N1CCC[C@@H](C(=O)Nc2ccc(F)c(F)c2)C1. The predicted molar refractivity (Wildman–Crippen MR) is 99.4 cm³/mol. The van der Waals surface area contributed by atoms with E-state index in [1.807, 2.05) is 0 Å². The molecule has 0 aromatic heterocycles. The monoisotopic (exact) mass is 428 g/mol. The number of halogens is 3. The summed E-state index contributed by atoms with van der Waals surface area (Å²) in [6.45, 7) is 0.0362. The van der Waals surface area contributed by atoms with Crippen molar-refractivity contribution in [3.63, 3.8) is 0 Å².